The Morgan fingerprint density at radius 1 is 1.14 bits per heavy atom. The third-order valence-corrected chi connectivity index (χ3v) is 7.01. The second-order valence-corrected chi connectivity index (χ2v) is 9.37. The van der Waals surface area contributed by atoms with Crippen LogP contribution in [0, 0.1) is 6.92 Å². The molecular weight excluding hydrogens is 429 g/mol. The molecule has 2 aromatic carbocycles. The first-order valence-corrected chi connectivity index (χ1v) is 11.1. The minimum absolute atomic E-state index is 0.122. The molecule has 0 radical (unpaired) electrons. The van der Waals surface area contributed by atoms with Crippen molar-refractivity contribution < 1.29 is 8.42 Å². The van der Waals surface area contributed by atoms with Crippen LogP contribution in [-0.4, -0.2) is 28.8 Å². The van der Waals surface area contributed by atoms with E-state index in [2.05, 4.69) is 11.6 Å². The molecule has 152 valence electrons. The van der Waals surface area contributed by atoms with Gasteiger partial charge in [-0.15, -0.1) is 6.58 Å². The van der Waals surface area contributed by atoms with Gasteiger partial charge in [-0.1, -0.05) is 53.0 Å². The third kappa shape index (κ3) is 5.08. The van der Waals surface area contributed by atoms with Crippen LogP contribution in [0.25, 0.3) is 0 Å². The fourth-order valence-electron chi connectivity index (χ4n) is 2.88. The van der Waals surface area contributed by atoms with Gasteiger partial charge in [0, 0.05) is 25.5 Å². The number of aromatic nitrogens is 2. The van der Waals surface area contributed by atoms with Gasteiger partial charge in [0.25, 0.3) is 0 Å². The molecule has 8 heteroatoms. The molecule has 0 aliphatic heterocycles. The van der Waals surface area contributed by atoms with Crippen molar-refractivity contribution in [3.8, 4) is 0 Å². The maximum atomic E-state index is 13.1. The van der Waals surface area contributed by atoms with E-state index in [4.69, 9.17) is 23.2 Å². The molecule has 0 spiro atoms. The summed E-state index contributed by atoms with van der Waals surface area (Å²) in [6.45, 7) is 6.41. The van der Waals surface area contributed by atoms with Crippen molar-refractivity contribution in [2.45, 2.75) is 24.9 Å². The van der Waals surface area contributed by atoms with Crippen molar-refractivity contribution in [1.82, 2.24) is 13.9 Å². The van der Waals surface area contributed by atoms with Gasteiger partial charge in [0.1, 0.15) is 5.82 Å². The molecule has 0 aliphatic carbocycles. The molecule has 0 aliphatic rings. The number of benzene rings is 2. The zero-order chi connectivity index (χ0) is 21.0. The second-order valence-electron chi connectivity index (χ2n) is 6.62. The number of aryl methyl sites for hydroxylation is 1. The largest absolute Gasteiger partial charge is 0.329 e. The number of hydrogen-bond donors (Lipinski definition) is 0. The average molecular weight is 450 g/mol. The van der Waals surface area contributed by atoms with Gasteiger partial charge in [-0.3, -0.25) is 0 Å². The van der Waals surface area contributed by atoms with Crippen LogP contribution in [-0.2, 0) is 23.1 Å². The number of imidazole rings is 1. The third-order valence-electron chi connectivity index (χ3n) is 4.45. The highest BCUT2D eigenvalue weighted by Crippen LogP contribution is 2.24. The van der Waals surface area contributed by atoms with E-state index in [1.54, 1.807) is 48.7 Å². The van der Waals surface area contributed by atoms with Crippen LogP contribution in [0.2, 0.25) is 10.0 Å². The fourth-order valence-corrected chi connectivity index (χ4v) is 4.56. The van der Waals surface area contributed by atoms with Crippen LogP contribution in [0.15, 0.2) is 72.4 Å². The van der Waals surface area contributed by atoms with E-state index in [1.807, 2.05) is 23.8 Å². The zero-order valence-electron chi connectivity index (χ0n) is 15.9. The van der Waals surface area contributed by atoms with Gasteiger partial charge in [0.2, 0.25) is 10.0 Å². The molecule has 0 fully saturated rings. The first-order chi connectivity index (χ1) is 13.8. The number of nitrogens with zero attached hydrogens (tertiary/aromatic N) is 3. The van der Waals surface area contributed by atoms with Crippen LogP contribution >= 0.6 is 23.2 Å². The van der Waals surface area contributed by atoms with Crippen molar-refractivity contribution in [3.05, 3.63) is 94.5 Å². The lowest BCUT2D eigenvalue weighted by Gasteiger charge is -2.21. The monoisotopic (exact) mass is 449 g/mol. The normalized spacial score (nSPS) is 11.7. The highest BCUT2D eigenvalue weighted by atomic mass is 35.5. The van der Waals surface area contributed by atoms with Crippen molar-refractivity contribution >= 4 is 33.2 Å². The molecule has 1 heterocycles. The van der Waals surface area contributed by atoms with Gasteiger partial charge in [-0.2, -0.15) is 4.31 Å². The summed E-state index contributed by atoms with van der Waals surface area (Å²) in [7, 11) is -3.69. The highest BCUT2D eigenvalue weighted by Gasteiger charge is 2.25. The van der Waals surface area contributed by atoms with Crippen LogP contribution in [0.3, 0.4) is 0 Å². The summed E-state index contributed by atoms with van der Waals surface area (Å²) in [5.41, 5.74) is 1.94. The molecular formula is C21H21Cl2N3O2S. The topological polar surface area (TPSA) is 55.2 Å². The van der Waals surface area contributed by atoms with E-state index in [1.165, 1.54) is 4.31 Å². The number of sulfonamides is 1. The molecule has 0 atom stereocenters. The van der Waals surface area contributed by atoms with Gasteiger partial charge < -0.3 is 4.57 Å². The zero-order valence-corrected chi connectivity index (χ0v) is 18.3. The van der Waals surface area contributed by atoms with Crippen LogP contribution < -0.4 is 0 Å². The van der Waals surface area contributed by atoms with Crippen LogP contribution in [0.5, 0.6) is 0 Å². The van der Waals surface area contributed by atoms with Crippen molar-refractivity contribution in [2.75, 3.05) is 6.54 Å². The summed E-state index contributed by atoms with van der Waals surface area (Å²) in [5, 5.41) is 0.962. The van der Waals surface area contributed by atoms with Crippen LogP contribution in [0.1, 0.15) is 17.0 Å². The molecule has 0 N–H and O–H groups in total. The van der Waals surface area contributed by atoms with E-state index >= 15 is 0 Å². The molecule has 0 bridgehead atoms. The van der Waals surface area contributed by atoms with Gasteiger partial charge in [-0.25, -0.2) is 13.4 Å². The predicted molar refractivity (Wildman–Crippen MR) is 117 cm³/mol. The SMILES string of the molecule is C=CCN(Cc1nccn1Cc1ccc(Cl)c(Cl)c1)S(=O)(=O)c1ccc(C)cc1. The predicted octanol–water partition coefficient (Wildman–Crippen LogP) is 4.92. The summed E-state index contributed by atoms with van der Waals surface area (Å²) in [4.78, 5) is 4.60. The number of halogens is 2. The number of hydrogen-bond acceptors (Lipinski definition) is 3. The Labute approximate surface area is 181 Å². The Hall–Kier alpha value is -2.12. The molecule has 0 saturated carbocycles. The van der Waals surface area contributed by atoms with Gasteiger partial charge in [0.05, 0.1) is 21.5 Å². The summed E-state index contributed by atoms with van der Waals surface area (Å²) in [6, 6.07) is 12.2. The van der Waals surface area contributed by atoms with Crippen LogP contribution in [0.4, 0.5) is 0 Å². The van der Waals surface area contributed by atoms with E-state index < -0.39 is 10.0 Å². The van der Waals surface area contributed by atoms with E-state index in [0.29, 0.717) is 22.4 Å². The lowest BCUT2D eigenvalue weighted by molar-refractivity contribution is 0.421. The van der Waals surface area contributed by atoms with Gasteiger partial charge >= 0.3 is 0 Å². The molecule has 3 rings (SSSR count). The summed E-state index contributed by atoms with van der Waals surface area (Å²) >= 11 is 12.1. The Morgan fingerprint density at radius 2 is 1.86 bits per heavy atom. The smallest absolute Gasteiger partial charge is 0.243 e. The minimum atomic E-state index is -3.69. The molecule has 0 amide bonds. The number of rotatable bonds is 8. The van der Waals surface area contributed by atoms with E-state index in [-0.39, 0.29) is 18.0 Å². The maximum absolute atomic E-state index is 13.1. The standard InChI is InChI=1S/C21H21Cl2N3O2S/c1-3-11-26(29(27,28)18-7-4-16(2)5-8-18)15-21-24-10-12-25(21)14-17-6-9-19(22)20(23)13-17/h3-10,12-13H,1,11,14-15H2,2H3. The van der Waals surface area contributed by atoms with Gasteiger partial charge in [-0.05, 0) is 36.8 Å². The van der Waals surface area contributed by atoms with Crippen molar-refractivity contribution in [2.24, 2.45) is 0 Å². The Balaban J connectivity index is 1.86. The Bertz CT molecular complexity index is 1110. The summed E-state index contributed by atoms with van der Waals surface area (Å²) < 4.78 is 29.5. The Kier molecular flexibility index (Phi) is 6.80. The van der Waals surface area contributed by atoms with E-state index in [9.17, 15) is 8.42 Å². The molecule has 29 heavy (non-hydrogen) atoms. The summed E-state index contributed by atoms with van der Waals surface area (Å²) in [5.74, 6) is 0.619. The second kappa shape index (κ2) is 9.13. The quantitative estimate of drug-likeness (QED) is 0.458. The van der Waals surface area contributed by atoms with Gasteiger partial charge in [0.15, 0.2) is 0 Å². The first-order valence-electron chi connectivity index (χ1n) is 8.93. The van der Waals surface area contributed by atoms with Crippen molar-refractivity contribution in [3.63, 3.8) is 0 Å². The molecule has 0 unspecified atom stereocenters. The molecule has 1 aromatic heterocycles. The average Bonchev–Trinajstić information content (AvgIpc) is 3.11. The minimum Gasteiger partial charge on any atom is -0.329 e. The van der Waals surface area contributed by atoms with E-state index in [0.717, 1.165) is 11.1 Å². The Morgan fingerprint density at radius 3 is 2.52 bits per heavy atom. The lowest BCUT2D eigenvalue weighted by Crippen LogP contribution is -2.32. The molecule has 5 nitrogen and oxygen atoms in total. The maximum Gasteiger partial charge on any atom is 0.243 e. The van der Waals surface area contributed by atoms with Crippen molar-refractivity contribution in [1.29, 1.82) is 0 Å². The molecule has 3 aromatic rings. The lowest BCUT2D eigenvalue weighted by atomic mass is 10.2. The fraction of sp³-hybridized carbons (Fsp3) is 0.190. The summed E-state index contributed by atoms with van der Waals surface area (Å²) in [6.07, 6.45) is 5.03. The first kappa shape index (κ1) is 21.6. The highest BCUT2D eigenvalue weighted by molar-refractivity contribution is 7.89. The molecule has 0 saturated heterocycles.